The van der Waals surface area contributed by atoms with E-state index in [1.807, 2.05) is 0 Å². The average molecular weight is 495 g/mol. The minimum absolute atomic E-state index is 0.0870. The van der Waals surface area contributed by atoms with Crippen LogP contribution in [0.2, 0.25) is 0 Å². The smallest absolute Gasteiger partial charge is 0.398 e. The van der Waals surface area contributed by atoms with Crippen molar-refractivity contribution in [2.24, 2.45) is 12.8 Å². The number of nitrogens with one attached hydrogen (secondary N) is 2. The van der Waals surface area contributed by atoms with Crippen LogP contribution in [0.3, 0.4) is 0 Å². The summed E-state index contributed by atoms with van der Waals surface area (Å²) in [4.78, 5) is 33.7. The molecule has 4 N–H and O–H groups in total. The summed E-state index contributed by atoms with van der Waals surface area (Å²) in [6.07, 6.45) is 0.806. The number of nitrogens with zero attached hydrogens (tertiary/aromatic N) is 4. The molecule has 3 heterocycles. The number of alkyl halides is 3. The molecule has 0 saturated heterocycles. The molecule has 0 aliphatic carbocycles. The predicted octanol–water partition coefficient (Wildman–Crippen LogP) is 3.07. The number of allylic oxidation sites excluding steroid dienone is 1. The molecule has 0 amide bonds. The van der Waals surface area contributed by atoms with Gasteiger partial charge in [-0.05, 0) is 35.9 Å². The summed E-state index contributed by atoms with van der Waals surface area (Å²) < 4.78 is 40.7. The molecule has 0 aliphatic heterocycles. The second kappa shape index (κ2) is 9.49. The number of pyridine rings is 2. The summed E-state index contributed by atoms with van der Waals surface area (Å²) >= 11 is 0. The zero-order valence-corrected chi connectivity index (χ0v) is 18.9. The predicted molar refractivity (Wildman–Crippen MR) is 131 cm³/mol. The van der Waals surface area contributed by atoms with Gasteiger partial charge in [-0.25, -0.2) is 4.98 Å². The fourth-order valence-electron chi connectivity index (χ4n) is 3.55. The highest BCUT2D eigenvalue weighted by molar-refractivity contribution is 5.84. The van der Waals surface area contributed by atoms with Gasteiger partial charge in [0.25, 0.3) is 5.56 Å². The molecule has 36 heavy (non-hydrogen) atoms. The molecular formula is C24H20F3N7O2. The van der Waals surface area contributed by atoms with Crippen LogP contribution < -0.4 is 22.2 Å². The Morgan fingerprint density at radius 2 is 1.89 bits per heavy atom. The van der Waals surface area contributed by atoms with Crippen molar-refractivity contribution in [3.8, 4) is 16.8 Å². The van der Waals surface area contributed by atoms with Crippen molar-refractivity contribution >= 4 is 28.9 Å². The van der Waals surface area contributed by atoms with Gasteiger partial charge in [-0.15, -0.1) is 0 Å². The van der Waals surface area contributed by atoms with Crippen molar-refractivity contribution in [3.63, 3.8) is 0 Å². The number of aryl methyl sites for hydroxylation is 1. The zero-order valence-electron chi connectivity index (χ0n) is 18.9. The maximum absolute atomic E-state index is 13.7. The maximum Gasteiger partial charge on any atom is 0.405 e. The van der Waals surface area contributed by atoms with Crippen molar-refractivity contribution < 1.29 is 13.2 Å². The van der Waals surface area contributed by atoms with E-state index in [4.69, 9.17) is 11.1 Å². The van der Waals surface area contributed by atoms with E-state index >= 15 is 0 Å². The molecule has 0 spiro atoms. The molecule has 184 valence electrons. The third-order valence-corrected chi connectivity index (χ3v) is 5.31. The molecule has 4 aromatic rings. The van der Waals surface area contributed by atoms with Crippen LogP contribution in [0.1, 0.15) is 5.56 Å². The second-order valence-corrected chi connectivity index (χ2v) is 7.84. The monoisotopic (exact) mass is 495 g/mol. The third-order valence-electron chi connectivity index (χ3n) is 5.31. The molecule has 3 aromatic heterocycles. The van der Waals surface area contributed by atoms with Crippen LogP contribution in [0, 0.1) is 5.41 Å². The van der Waals surface area contributed by atoms with Gasteiger partial charge in [-0.2, -0.15) is 18.2 Å². The molecule has 0 bridgehead atoms. The van der Waals surface area contributed by atoms with Gasteiger partial charge >= 0.3 is 6.18 Å². The fraction of sp³-hybridized carbons (Fsp3) is 0.125. The lowest BCUT2D eigenvalue weighted by atomic mass is 10.1. The molecule has 1 aromatic carbocycles. The fourth-order valence-corrected chi connectivity index (χ4v) is 3.55. The minimum Gasteiger partial charge on any atom is -0.398 e. The number of hydrogen-bond donors (Lipinski definition) is 3. The van der Waals surface area contributed by atoms with E-state index in [1.165, 1.54) is 45.8 Å². The highest BCUT2D eigenvalue weighted by atomic mass is 19.4. The molecule has 0 saturated carbocycles. The maximum atomic E-state index is 13.7. The van der Waals surface area contributed by atoms with Crippen molar-refractivity contribution in [1.29, 1.82) is 5.41 Å². The van der Waals surface area contributed by atoms with Crippen molar-refractivity contribution in [2.45, 2.75) is 6.18 Å². The van der Waals surface area contributed by atoms with Gasteiger partial charge in [0, 0.05) is 53.9 Å². The minimum atomic E-state index is -4.48. The highest BCUT2D eigenvalue weighted by Crippen LogP contribution is 2.24. The number of benzene rings is 1. The molecule has 9 nitrogen and oxygen atoms in total. The van der Waals surface area contributed by atoms with Gasteiger partial charge in [0.1, 0.15) is 6.54 Å². The first kappa shape index (κ1) is 24.4. The van der Waals surface area contributed by atoms with Crippen LogP contribution in [-0.4, -0.2) is 38.0 Å². The number of halogens is 3. The van der Waals surface area contributed by atoms with Gasteiger partial charge in [0.05, 0.1) is 5.69 Å². The van der Waals surface area contributed by atoms with E-state index in [-0.39, 0.29) is 22.7 Å². The largest absolute Gasteiger partial charge is 0.405 e. The van der Waals surface area contributed by atoms with Gasteiger partial charge in [0.15, 0.2) is 5.65 Å². The third kappa shape index (κ3) is 5.02. The summed E-state index contributed by atoms with van der Waals surface area (Å²) in [6.45, 7) is -1.34. The van der Waals surface area contributed by atoms with Gasteiger partial charge in [-0.3, -0.25) is 14.2 Å². The van der Waals surface area contributed by atoms with E-state index in [0.29, 0.717) is 27.9 Å². The lowest BCUT2D eigenvalue weighted by Crippen LogP contribution is -2.24. The summed E-state index contributed by atoms with van der Waals surface area (Å²) in [6, 6.07) is 10.9. The van der Waals surface area contributed by atoms with Gasteiger partial charge in [0.2, 0.25) is 11.5 Å². The van der Waals surface area contributed by atoms with E-state index in [0.717, 1.165) is 6.21 Å². The standard InChI is InChI=1S/C24H20F3N7O2/c1-33-12-15(4-7-20(33)35)18-10-16-11-30-23(31-13-24(25,26)27)32-21(16)34(22(18)36)17-5-2-14(3-6-17)19(29)8-9-28/h2-12,28H,13,29H2,1H3,(H,30,31,32)/b19-8-,28-9?. The Morgan fingerprint density at radius 1 is 1.17 bits per heavy atom. The first-order valence-electron chi connectivity index (χ1n) is 10.5. The SMILES string of the molecule is Cn1cc(-c2cc3cnc(NCC(F)(F)F)nc3n(-c3ccc(/C(N)=C/C=N)cc3)c2=O)ccc1=O. The van der Waals surface area contributed by atoms with E-state index in [2.05, 4.69) is 15.3 Å². The van der Waals surface area contributed by atoms with Crippen molar-refractivity contribution in [2.75, 3.05) is 11.9 Å². The lowest BCUT2D eigenvalue weighted by Gasteiger charge is -2.15. The van der Waals surface area contributed by atoms with Crippen molar-refractivity contribution in [1.82, 2.24) is 19.1 Å². The zero-order chi connectivity index (χ0) is 26.0. The summed E-state index contributed by atoms with van der Waals surface area (Å²) in [5, 5.41) is 9.68. The van der Waals surface area contributed by atoms with Crippen LogP contribution in [0.15, 0.2) is 70.5 Å². The highest BCUT2D eigenvalue weighted by Gasteiger charge is 2.27. The molecule has 0 aliphatic rings. The van der Waals surface area contributed by atoms with Crippen LogP contribution in [-0.2, 0) is 7.05 Å². The number of hydrogen-bond acceptors (Lipinski definition) is 7. The average Bonchev–Trinajstić information content (AvgIpc) is 2.84. The molecule has 4 rings (SSSR count). The number of nitrogens with two attached hydrogens (primary N) is 1. The first-order valence-corrected chi connectivity index (χ1v) is 10.5. The normalized spacial score (nSPS) is 12.1. The van der Waals surface area contributed by atoms with E-state index in [9.17, 15) is 22.8 Å². The molecule has 12 heteroatoms. The molecule has 0 fully saturated rings. The molecule has 0 atom stereocenters. The Bertz CT molecular complexity index is 1600. The van der Waals surface area contributed by atoms with E-state index < -0.39 is 18.3 Å². The second-order valence-electron chi connectivity index (χ2n) is 7.84. The number of fused-ring (bicyclic) bond motifs is 1. The first-order chi connectivity index (χ1) is 17.1. The molecule has 0 unspecified atom stereocenters. The lowest BCUT2D eigenvalue weighted by molar-refractivity contribution is -0.115. The Morgan fingerprint density at radius 3 is 2.53 bits per heavy atom. The quantitative estimate of drug-likeness (QED) is 0.352. The Hall–Kier alpha value is -4.74. The topological polar surface area (TPSA) is 132 Å². The van der Waals surface area contributed by atoms with Crippen LogP contribution in [0.4, 0.5) is 19.1 Å². The van der Waals surface area contributed by atoms with Crippen molar-refractivity contribution in [3.05, 3.63) is 87.2 Å². The van der Waals surface area contributed by atoms with Crippen LogP contribution >= 0.6 is 0 Å². The Kier molecular flexibility index (Phi) is 6.43. The summed E-state index contributed by atoms with van der Waals surface area (Å²) in [5.74, 6) is -0.294. The molecular weight excluding hydrogens is 475 g/mol. The molecule has 0 radical (unpaired) electrons. The summed E-state index contributed by atoms with van der Waals surface area (Å²) in [7, 11) is 1.55. The number of rotatable bonds is 6. The van der Waals surface area contributed by atoms with Crippen LogP contribution in [0.25, 0.3) is 33.5 Å². The summed E-state index contributed by atoms with van der Waals surface area (Å²) in [5.41, 5.74) is 7.28. The van der Waals surface area contributed by atoms with Crippen LogP contribution in [0.5, 0.6) is 0 Å². The number of aromatic nitrogens is 4. The van der Waals surface area contributed by atoms with E-state index in [1.54, 1.807) is 31.3 Å². The Labute approximate surface area is 201 Å². The van der Waals surface area contributed by atoms with Gasteiger partial charge in [-0.1, -0.05) is 12.1 Å². The number of anilines is 1. The Balaban J connectivity index is 1.95. The van der Waals surface area contributed by atoms with Gasteiger partial charge < -0.3 is 21.0 Å².